The maximum absolute atomic E-state index is 8.82. The van der Waals surface area contributed by atoms with E-state index in [0.29, 0.717) is 0 Å². The molecule has 0 spiro atoms. The number of aromatic nitrogens is 8. The molecule has 0 N–H and O–H groups in total. The van der Waals surface area contributed by atoms with Crippen LogP contribution in [0.5, 0.6) is 0 Å². The van der Waals surface area contributed by atoms with Crippen LogP contribution in [0.4, 0.5) is 0 Å². The molecular formula is C23H30ClN9. The lowest BCUT2D eigenvalue weighted by atomic mass is 9.97. The fraction of sp³-hybridized carbons (Fsp3) is 0.522. The van der Waals surface area contributed by atoms with Crippen LogP contribution in [-0.4, -0.2) is 39.0 Å². The molecule has 0 amide bonds. The lowest BCUT2D eigenvalue weighted by Crippen LogP contribution is -2.17. The van der Waals surface area contributed by atoms with Gasteiger partial charge >= 0.3 is 0 Å². The molecule has 33 heavy (non-hydrogen) atoms. The maximum atomic E-state index is 8.82. The third-order valence-electron chi connectivity index (χ3n) is 4.69. The van der Waals surface area contributed by atoms with E-state index in [4.69, 9.17) is 16.9 Å². The molecule has 4 aromatic rings. The third kappa shape index (κ3) is 6.02. The van der Waals surface area contributed by atoms with Gasteiger partial charge in [0.1, 0.15) is 28.8 Å². The Morgan fingerprint density at radius 1 is 0.788 bits per heavy atom. The molecule has 0 fully saturated rings. The van der Waals surface area contributed by atoms with Gasteiger partial charge in [0.25, 0.3) is 0 Å². The number of imidazole rings is 2. The molecule has 0 saturated heterocycles. The number of nitrogens with zero attached hydrogens (tertiary/aromatic N) is 9. The molecule has 0 aromatic carbocycles. The molecule has 0 aliphatic carbocycles. The number of halogens is 1. The SMILES string of the molecule is Cc1nc2cnc(C#N)nc2n1CC(C)(C)C.Cc1nc2cnc(Cl)nc2n1CC(C)(C)C. The van der Waals surface area contributed by atoms with Gasteiger partial charge in [-0.2, -0.15) is 15.2 Å². The van der Waals surface area contributed by atoms with Crippen molar-refractivity contribution in [1.82, 2.24) is 39.0 Å². The van der Waals surface area contributed by atoms with Crippen LogP contribution in [0.25, 0.3) is 22.3 Å². The number of hydrogen-bond acceptors (Lipinski definition) is 7. The number of aryl methyl sites for hydroxylation is 2. The topological polar surface area (TPSA) is 111 Å². The van der Waals surface area contributed by atoms with E-state index < -0.39 is 0 Å². The highest BCUT2D eigenvalue weighted by molar-refractivity contribution is 6.28. The highest BCUT2D eigenvalue weighted by Crippen LogP contribution is 2.23. The summed E-state index contributed by atoms with van der Waals surface area (Å²) in [4.78, 5) is 25.1. The normalized spacial score (nSPS) is 12.0. The molecule has 0 atom stereocenters. The molecule has 0 aliphatic heterocycles. The molecule has 0 saturated carbocycles. The largest absolute Gasteiger partial charge is 0.312 e. The average Bonchev–Trinajstić information content (AvgIpc) is 3.16. The number of nitriles is 1. The molecule has 4 aromatic heterocycles. The first-order chi connectivity index (χ1) is 15.3. The van der Waals surface area contributed by atoms with Crippen molar-refractivity contribution in [3.8, 4) is 6.07 Å². The molecular weight excluding hydrogens is 438 g/mol. The molecule has 10 heteroatoms. The van der Waals surface area contributed by atoms with Gasteiger partial charge in [0, 0.05) is 13.1 Å². The zero-order valence-electron chi connectivity index (χ0n) is 20.5. The Morgan fingerprint density at radius 3 is 1.70 bits per heavy atom. The number of rotatable bonds is 2. The van der Waals surface area contributed by atoms with Crippen LogP contribution >= 0.6 is 11.6 Å². The minimum atomic E-state index is 0.135. The number of fused-ring (bicyclic) bond motifs is 2. The summed E-state index contributed by atoms with van der Waals surface area (Å²) in [6, 6.07) is 1.96. The summed E-state index contributed by atoms with van der Waals surface area (Å²) in [6.45, 7) is 18.6. The van der Waals surface area contributed by atoms with E-state index in [1.165, 1.54) is 0 Å². The summed E-state index contributed by atoms with van der Waals surface area (Å²) in [7, 11) is 0. The Morgan fingerprint density at radius 2 is 1.24 bits per heavy atom. The van der Waals surface area contributed by atoms with Crippen LogP contribution in [0, 0.1) is 36.0 Å². The van der Waals surface area contributed by atoms with Crippen LogP contribution < -0.4 is 0 Å². The Hall–Kier alpha value is -3.12. The van der Waals surface area contributed by atoms with Crippen molar-refractivity contribution >= 4 is 33.9 Å². The summed E-state index contributed by atoms with van der Waals surface area (Å²) >= 11 is 5.81. The lowest BCUT2D eigenvalue weighted by Gasteiger charge is -2.20. The summed E-state index contributed by atoms with van der Waals surface area (Å²) in [5.41, 5.74) is 3.40. The van der Waals surface area contributed by atoms with Crippen LogP contribution in [0.1, 0.15) is 59.0 Å². The second-order valence-electron chi connectivity index (χ2n) is 10.5. The zero-order valence-corrected chi connectivity index (χ0v) is 21.2. The molecule has 0 unspecified atom stereocenters. The first-order valence-corrected chi connectivity index (χ1v) is 11.1. The second kappa shape index (κ2) is 9.02. The van der Waals surface area contributed by atoms with E-state index in [0.717, 1.165) is 47.1 Å². The Bertz CT molecular complexity index is 1330. The summed E-state index contributed by atoms with van der Waals surface area (Å²) in [5, 5.41) is 9.09. The molecule has 4 heterocycles. The fourth-order valence-electron chi connectivity index (χ4n) is 3.42. The maximum Gasteiger partial charge on any atom is 0.234 e. The first-order valence-electron chi connectivity index (χ1n) is 10.7. The standard InChI is InChI=1S/C12H15N5.C11H15ClN4/c1-8-15-9-6-14-10(5-13)16-11(9)17(8)7-12(2,3)4;1-7-14-8-5-13-10(12)15-9(8)16(7)6-11(2,3)4/h6H,7H2,1-4H3;5H,6H2,1-4H3. The van der Waals surface area contributed by atoms with Gasteiger partial charge in [-0.25, -0.2) is 19.9 Å². The van der Waals surface area contributed by atoms with Crippen molar-refractivity contribution in [3.63, 3.8) is 0 Å². The van der Waals surface area contributed by atoms with Gasteiger partial charge in [-0.15, -0.1) is 0 Å². The highest BCUT2D eigenvalue weighted by atomic mass is 35.5. The van der Waals surface area contributed by atoms with Gasteiger partial charge in [0.05, 0.1) is 12.4 Å². The first kappa shape index (κ1) is 24.5. The fourth-order valence-corrected chi connectivity index (χ4v) is 3.55. The summed E-state index contributed by atoms with van der Waals surface area (Å²) in [6.07, 6.45) is 3.27. The van der Waals surface area contributed by atoms with Crippen molar-refractivity contribution in [2.45, 2.75) is 68.5 Å². The Balaban J connectivity index is 0.000000186. The second-order valence-corrected chi connectivity index (χ2v) is 10.8. The highest BCUT2D eigenvalue weighted by Gasteiger charge is 2.18. The molecule has 4 rings (SSSR count). The molecule has 0 aliphatic rings. The van der Waals surface area contributed by atoms with E-state index in [1.807, 2.05) is 24.5 Å². The van der Waals surface area contributed by atoms with Crippen LogP contribution in [-0.2, 0) is 13.1 Å². The summed E-state index contributed by atoms with van der Waals surface area (Å²) < 4.78 is 4.13. The van der Waals surface area contributed by atoms with E-state index in [2.05, 4.69) is 76.0 Å². The smallest absolute Gasteiger partial charge is 0.234 e. The van der Waals surface area contributed by atoms with Gasteiger partial charge in [0.2, 0.25) is 11.1 Å². The Kier molecular flexibility index (Phi) is 6.70. The van der Waals surface area contributed by atoms with Gasteiger partial charge in [-0.05, 0) is 36.3 Å². The van der Waals surface area contributed by atoms with Crippen molar-refractivity contribution in [2.75, 3.05) is 0 Å². The van der Waals surface area contributed by atoms with Gasteiger partial charge in [0.15, 0.2) is 11.3 Å². The van der Waals surface area contributed by atoms with Crippen molar-refractivity contribution in [1.29, 1.82) is 5.26 Å². The molecule has 0 radical (unpaired) electrons. The van der Waals surface area contributed by atoms with E-state index in [9.17, 15) is 0 Å². The predicted octanol–water partition coefficient (Wildman–Crippen LogP) is 4.89. The van der Waals surface area contributed by atoms with Crippen LogP contribution in [0.3, 0.4) is 0 Å². The van der Waals surface area contributed by atoms with E-state index >= 15 is 0 Å². The predicted molar refractivity (Wildman–Crippen MR) is 129 cm³/mol. The van der Waals surface area contributed by atoms with Crippen molar-refractivity contribution < 1.29 is 0 Å². The monoisotopic (exact) mass is 467 g/mol. The quantitative estimate of drug-likeness (QED) is 0.386. The van der Waals surface area contributed by atoms with Crippen molar-refractivity contribution in [3.05, 3.63) is 35.2 Å². The van der Waals surface area contributed by atoms with Crippen LogP contribution in [0.2, 0.25) is 5.28 Å². The molecule has 9 nitrogen and oxygen atoms in total. The minimum absolute atomic E-state index is 0.135. The van der Waals surface area contributed by atoms with E-state index in [-0.39, 0.29) is 21.9 Å². The minimum Gasteiger partial charge on any atom is -0.312 e. The summed E-state index contributed by atoms with van der Waals surface area (Å²) in [5.74, 6) is 2.04. The average molecular weight is 468 g/mol. The molecule has 0 bridgehead atoms. The zero-order chi connectivity index (χ0) is 24.6. The molecule has 174 valence electrons. The number of hydrogen-bond donors (Lipinski definition) is 0. The van der Waals surface area contributed by atoms with Gasteiger partial charge < -0.3 is 9.13 Å². The van der Waals surface area contributed by atoms with E-state index in [1.54, 1.807) is 12.4 Å². The van der Waals surface area contributed by atoms with Gasteiger partial charge in [-0.3, -0.25) is 0 Å². The Labute approximate surface area is 198 Å². The van der Waals surface area contributed by atoms with Crippen molar-refractivity contribution in [2.24, 2.45) is 10.8 Å². The van der Waals surface area contributed by atoms with Gasteiger partial charge in [-0.1, -0.05) is 41.5 Å². The van der Waals surface area contributed by atoms with Crippen LogP contribution in [0.15, 0.2) is 12.4 Å². The third-order valence-corrected chi connectivity index (χ3v) is 4.87. The lowest BCUT2D eigenvalue weighted by molar-refractivity contribution is 0.344.